The molecule has 1 atom stereocenters. The normalized spacial score (nSPS) is 18.2. The number of nitrogens with two attached hydrogens (primary N) is 1. The summed E-state index contributed by atoms with van der Waals surface area (Å²) in [5.74, 6) is 1.05. The molecule has 0 saturated carbocycles. The standard InChI is InChI=1S/C17H19N3/c1-12-7-3-5-9-15(12)19-17(18)20-11-13(2)14-8-4-6-10-16(14)20/h3-10,13H,11H2,1-2H3,(H2,18,19). The zero-order chi connectivity index (χ0) is 14.1. The molecule has 2 aromatic carbocycles. The first-order valence-corrected chi connectivity index (χ1v) is 6.93. The molecule has 0 aliphatic carbocycles. The minimum atomic E-state index is 0.483. The van der Waals surface area contributed by atoms with Crippen molar-refractivity contribution in [2.45, 2.75) is 19.8 Å². The molecule has 1 unspecified atom stereocenters. The Morgan fingerprint density at radius 2 is 1.85 bits per heavy atom. The van der Waals surface area contributed by atoms with Crippen molar-refractivity contribution >= 4 is 17.3 Å². The Bertz CT molecular complexity index is 661. The molecule has 2 aromatic rings. The lowest BCUT2D eigenvalue weighted by molar-refractivity contribution is 0.819. The number of aryl methyl sites for hydroxylation is 1. The van der Waals surface area contributed by atoms with E-state index in [0.29, 0.717) is 11.9 Å². The molecule has 0 bridgehead atoms. The van der Waals surface area contributed by atoms with Gasteiger partial charge in [-0.05, 0) is 30.2 Å². The van der Waals surface area contributed by atoms with Gasteiger partial charge in [0.1, 0.15) is 0 Å². The number of aliphatic imine (C=N–C) groups is 1. The van der Waals surface area contributed by atoms with Crippen molar-refractivity contribution in [2.24, 2.45) is 10.7 Å². The molecule has 3 nitrogen and oxygen atoms in total. The molecule has 0 fully saturated rings. The number of nitrogens with zero attached hydrogens (tertiary/aromatic N) is 2. The van der Waals surface area contributed by atoms with E-state index in [1.807, 2.05) is 37.3 Å². The lowest BCUT2D eigenvalue weighted by Crippen LogP contribution is -2.36. The van der Waals surface area contributed by atoms with E-state index in [-0.39, 0.29) is 0 Å². The molecule has 20 heavy (non-hydrogen) atoms. The number of hydrogen-bond donors (Lipinski definition) is 1. The highest BCUT2D eigenvalue weighted by molar-refractivity contribution is 5.98. The number of benzene rings is 2. The molecule has 102 valence electrons. The number of rotatable bonds is 1. The van der Waals surface area contributed by atoms with E-state index >= 15 is 0 Å². The Labute approximate surface area is 119 Å². The van der Waals surface area contributed by atoms with Gasteiger partial charge < -0.3 is 10.6 Å². The molecule has 0 aromatic heterocycles. The van der Waals surface area contributed by atoms with Gasteiger partial charge in [0.25, 0.3) is 0 Å². The Kier molecular flexibility index (Phi) is 3.18. The summed E-state index contributed by atoms with van der Waals surface area (Å²) < 4.78 is 0. The lowest BCUT2D eigenvalue weighted by atomic mass is 10.0. The van der Waals surface area contributed by atoms with Gasteiger partial charge in [-0.25, -0.2) is 4.99 Å². The number of para-hydroxylation sites is 2. The first-order chi connectivity index (χ1) is 9.66. The topological polar surface area (TPSA) is 41.6 Å². The molecule has 0 amide bonds. The third kappa shape index (κ3) is 2.16. The summed E-state index contributed by atoms with van der Waals surface area (Å²) in [6, 6.07) is 16.4. The smallest absolute Gasteiger partial charge is 0.201 e. The van der Waals surface area contributed by atoms with Crippen LogP contribution in [-0.4, -0.2) is 12.5 Å². The van der Waals surface area contributed by atoms with Crippen LogP contribution in [0, 0.1) is 6.92 Å². The van der Waals surface area contributed by atoms with Gasteiger partial charge in [0.2, 0.25) is 5.96 Å². The Hall–Kier alpha value is -2.29. The second-order valence-electron chi connectivity index (χ2n) is 5.33. The molecule has 0 radical (unpaired) electrons. The SMILES string of the molecule is Cc1ccccc1N=C(N)N1CC(C)c2ccccc21. The fourth-order valence-electron chi connectivity index (χ4n) is 2.71. The summed E-state index contributed by atoms with van der Waals surface area (Å²) in [5.41, 5.74) is 10.8. The van der Waals surface area contributed by atoms with E-state index in [4.69, 9.17) is 5.73 Å². The number of hydrogen-bond acceptors (Lipinski definition) is 1. The maximum atomic E-state index is 6.23. The van der Waals surface area contributed by atoms with Crippen LogP contribution in [-0.2, 0) is 0 Å². The third-order valence-corrected chi connectivity index (χ3v) is 3.84. The van der Waals surface area contributed by atoms with Gasteiger partial charge in [-0.3, -0.25) is 0 Å². The van der Waals surface area contributed by atoms with Crippen molar-refractivity contribution in [2.75, 3.05) is 11.4 Å². The minimum Gasteiger partial charge on any atom is -0.369 e. The first-order valence-electron chi connectivity index (χ1n) is 6.93. The van der Waals surface area contributed by atoms with E-state index < -0.39 is 0 Å². The van der Waals surface area contributed by atoms with Gasteiger partial charge >= 0.3 is 0 Å². The van der Waals surface area contributed by atoms with Gasteiger partial charge in [-0.2, -0.15) is 0 Å². The van der Waals surface area contributed by atoms with Gasteiger partial charge in [-0.15, -0.1) is 0 Å². The average molecular weight is 265 g/mol. The van der Waals surface area contributed by atoms with E-state index in [0.717, 1.165) is 17.8 Å². The maximum Gasteiger partial charge on any atom is 0.201 e. The van der Waals surface area contributed by atoms with Crippen LogP contribution >= 0.6 is 0 Å². The summed E-state index contributed by atoms with van der Waals surface area (Å²) >= 11 is 0. The Balaban J connectivity index is 1.97. The van der Waals surface area contributed by atoms with Crippen molar-refractivity contribution < 1.29 is 0 Å². The second-order valence-corrected chi connectivity index (χ2v) is 5.33. The third-order valence-electron chi connectivity index (χ3n) is 3.84. The van der Waals surface area contributed by atoms with E-state index in [1.165, 1.54) is 11.3 Å². The highest BCUT2D eigenvalue weighted by atomic mass is 15.3. The number of fused-ring (bicyclic) bond motifs is 1. The van der Waals surface area contributed by atoms with Crippen LogP contribution in [0.1, 0.15) is 24.0 Å². The molecule has 1 aliphatic rings. The van der Waals surface area contributed by atoms with Crippen LogP contribution in [0.5, 0.6) is 0 Å². The average Bonchev–Trinajstić information content (AvgIpc) is 2.79. The summed E-state index contributed by atoms with van der Waals surface area (Å²) in [6.07, 6.45) is 0. The van der Waals surface area contributed by atoms with Crippen LogP contribution < -0.4 is 10.6 Å². The molecule has 3 heteroatoms. The van der Waals surface area contributed by atoms with Crippen molar-refractivity contribution in [3.05, 3.63) is 59.7 Å². The van der Waals surface area contributed by atoms with Crippen molar-refractivity contribution in [1.82, 2.24) is 0 Å². The van der Waals surface area contributed by atoms with Crippen LogP contribution in [0.4, 0.5) is 11.4 Å². The van der Waals surface area contributed by atoms with Crippen LogP contribution in [0.15, 0.2) is 53.5 Å². The predicted octanol–water partition coefficient (Wildman–Crippen LogP) is 3.56. The Morgan fingerprint density at radius 3 is 2.65 bits per heavy atom. The molecule has 1 heterocycles. The highest BCUT2D eigenvalue weighted by Gasteiger charge is 2.27. The minimum absolute atomic E-state index is 0.483. The van der Waals surface area contributed by atoms with E-state index in [1.54, 1.807) is 0 Å². The molecular formula is C17H19N3. The van der Waals surface area contributed by atoms with E-state index in [2.05, 4.69) is 35.0 Å². The summed E-state index contributed by atoms with van der Waals surface area (Å²) in [5, 5.41) is 0. The summed E-state index contributed by atoms with van der Waals surface area (Å²) in [4.78, 5) is 6.70. The largest absolute Gasteiger partial charge is 0.369 e. The summed E-state index contributed by atoms with van der Waals surface area (Å²) in [7, 11) is 0. The van der Waals surface area contributed by atoms with Gasteiger partial charge in [0.05, 0.1) is 5.69 Å². The number of anilines is 1. The first kappa shape index (κ1) is 12.7. The van der Waals surface area contributed by atoms with Crippen LogP contribution in [0.2, 0.25) is 0 Å². The molecular weight excluding hydrogens is 246 g/mol. The maximum absolute atomic E-state index is 6.23. The Morgan fingerprint density at radius 1 is 1.15 bits per heavy atom. The molecule has 2 N–H and O–H groups in total. The van der Waals surface area contributed by atoms with Gasteiger partial charge in [-0.1, -0.05) is 43.3 Å². The molecule has 0 spiro atoms. The lowest BCUT2D eigenvalue weighted by Gasteiger charge is -2.18. The monoisotopic (exact) mass is 265 g/mol. The van der Waals surface area contributed by atoms with E-state index in [9.17, 15) is 0 Å². The predicted molar refractivity (Wildman–Crippen MR) is 84.7 cm³/mol. The van der Waals surface area contributed by atoms with Crippen LogP contribution in [0.25, 0.3) is 0 Å². The van der Waals surface area contributed by atoms with Crippen molar-refractivity contribution in [1.29, 1.82) is 0 Å². The molecule has 0 saturated heterocycles. The van der Waals surface area contributed by atoms with Crippen molar-refractivity contribution in [3.8, 4) is 0 Å². The fraction of sp³-hybridized carbons (Fsp3) is 0.235. The quantitative estimate of drug-likeness (QED) is 0.632. The van der Waals surface area contributed by atoms with Crippen LogP contribution in [0.3, 0.4) is 0 Å². The highest BCUT2D eigenvalue weighted by Crippen LogP contribution is 2.35. The number of guanidine groups is 1. The fourth-order valence-corrected chi connectivity index (χ4v) is 2.71. The summed E-state index contributed by atoms with van der Waals surface area (Å²) in [6.45, 7) is 5.16. The molecule has 1 aliphatic heterocycles. The molecule has 3 rings (SSSR count). The van der Waals surface area contributed by atoms with Crippen molar-refractivity contribution in [3.63, 3.8) is 0 Å². The zero-order valence-corrected chi connectivity index (χ0v) is 11.9. The van der Waals surface area contributed by atoms with Gasteiger partial charge in [0.15, 0.2) is 0 Å². The second kappa shape index (κ2) is 5.00. The van der Waals surface area contributed by atoms with Gasteiger partial charge in [0, 0.05) is 18.2 Å². The zero-order valence-electron chi connectivity index (χ0n) is 11.9.